The normalized spacial score (nSPS) is 14.0. The van der Waals surface area contributed by atoms with Crippen LogP contribution in [0.1, 0.15) is 264 Å². The van der Waals surface area contributed by atoms with E-state index >= 15 is 0 Å². The third-order valence-electron chi connectivity index (χ3n) is 11.6. The molecule has 0 aliphatic carbocycles. The van der Waals surface area contributed by atoms with Gasteiger partial charge in [0.25, 0.3) is 0 Å². The van der Waals surface area contributed by atoms with E-state index in [1.807, 2.05) is 0 Å². The molecule has 6 nitrogen and oxygen atoms in total. The number of amides is 1. The van der Waals surface area contributed by atoms with Gasteiger partial charge in [0.15, 0.2) is 0 Å². The standard InChI is InChI=1S/C47H95NO5/c1-3-5-7-9-11-13-15-17-18-19-20-21-22-23-24-25-26-27-28-29-31-33-35-37-39-41-45(51)47(53)48-43(42-49)46(52)44(50)40-38-36-34-32-30-16-14-12-10-8-6-4-2/h43-46,49-52H,3-42H2,1-2H3,(H,48,53)/t43-,44+,45?,46-/m0/s1. The van der Waals surface area contributed by atoms with Gasteiger partial charge in [0.05, 0.1) is 18.8 Å². The fourth-order valence-corrected chi connectivity index (χ4v) is 7.76. The summed E-state index contributed by atoms with van der Waals surface area (Å²) in [7, 11) is 0. The predicted molar refractivity (Wildman–Crippen MR) is 228 cm³/mol. The summed E-state index contributed by atoms with van der Waals surface area (Å²) in [5, 5.41) is 43.7. The molecule has 0 bridgehead atoms. The van der Waals surface area contributed by atoms with E-state index in [9.17, 15) is 25.2 Å². The van der Waals surface area contributed by atoms with Crippen LogP contribution >= 0.6 is 0 Å². The zero-order valence-electron chi connectivity index (χ0n) is 35.8. The van der Waals surface area contributed by atoms with Crippen LogP contribution in [0.4, 0.5) is 0 Å². The van der Waals surface area contributed by atoms with Crippen molar-refractivity contribution in [1.29, 1.82) is 0 Å². The van der Waals surface area contributed by atoms with E-state index in [0.717, 1.165) is 38.5 Å². The third kappa shape index (κ3) is 36.7. The molecule has 0 radical (unpaired) electrons. The van der Waals surface area contributed by atoms with E-state index in [2.05, 4.69) is 19.2 Å². The minimum Gasteiger partial charge on any atom is -0.394 e. The Bertz CT molecular complexity index is 721. The number of unbranched alkanes of at least 4 members (excludes halogenated alkanes) is 35. The molecule has 1 unspecified atom stereocenters. The Kier molecular flexibility index (Phi) is 41.9. The third-order valence-corrected chi connectivity index (χ3v) is 11.6. The van der Waals surface area contributed by atoms with Crippen LogP contribution in [0.3, 0.4) is 0 Å². The van der Waals surface area contributed by atoms with Gasteiger partial charge in [0.1, 0.15) is 12.2 Å². The van der Waals surface area contributed by atoms with Crippen molar-refractivity contribution in [2.24, 2.45) is 0 Å². The monoisotopic (exact) mass is 754 g/mol. The van der Waals surface area contributed by atoms with E-state index in [-0.39, 0.29) is 0 Å². The zero-order valence-corrected chi connectivity index (χ0v) is 35.8. The second-order valence-electron chi connectivity index (χ2n) is 16.8. The first-order chi connectivity index (χ1) is 26.0. The first kappa shape index (κ1) is 52.3. The van der Waals surface area contributed by atoms with Crippen molar-refractivity contribution in [3.63, 3.8) is 0 Å². The fourth-order valence-electron chi connectivity index (χ4n) is 7.76. The summed E-state index contributed by atoms with van der Waals surface area (Å²) in [5.74, 6) is -0.579. The van der Waals surface area contributed by atoms with Gasteiger partial charge in [-0.25, -0.2) is 0 Å². The van der Waals surface area contributed by atoms with Crippen molar-refractivity contribution in [2.75, 3.05) is 6.61 Å². The lowest BCUT2D eigenvalue weighted by Crippen LogP contribution is -2.53. The Hall–Kier alpha value is -0.690. The summed E-state index contributed by atoms with van der Waals surface area (Å²) in [5.41, 5.74) is 0. The second kappa shape index (κ2) is 42.5. The van der Waals surface area contributed by atoms with E-state index in [1.54, 1.807) is 0 Å². The van der Waals surface area contributed by atoms with Gasteiger partial charge in [0.2, 0.25) is 5.91 Å². The summed E-state index contributed by atoms with van der Waals surface area (Å²) >= 11 is 0. The lowest BCUT2D eigenvalue weighted by atomic mass is 9.99. The van der Waals surface area contributed by atoms with Gasteiger partial charge in [-0.2, -0.15) is 0 Å². The lowest BCUT2D eigenvalue weighted by molar-refractivity contribution is -0.132. The lowest BCUT2D eigenvalue weighted by Gasteiger charge is -2.27. The van der Waals surface area contributed by atoms with E-state index < -0.39 is 36.9 Å². The van der Waals surface area contributed by atoms with Gasteiger partial charge in [-0.3, -0.25) is 4.79 Å². The first-order valence-electron chi connectivity index (χ1n) is 23.9. The molecule has 1 amide bonds. The number of aliphatic hydroxyl groups excluding tert-OH is 4. The number of rotatable bonds is 44. The molecular weight excluding hydrogens is 659 g/mol. The highest BCUT2D eigenvalue weighted by molar-refractivity contribution is 5.80. The van der Waals surface area contributed by atoms with Crippen molar-refractivity contribution in [3.8, 4) is 0 Å². The Balaban J connectivity index is 3.60. The van der Waals surface area contributed by atoms with Gasteiger partial charge < -0.3 is 25.7 Å². The average molecular weight is 754 g/mol. The SMILES string of the molecule is CCCCCCCCCCCCCCCCCCCCCCCCCCCC(O)C(=O)N[C@@H](CO)[C@H](O)[C@H](O)CCCCCCCCCCCCCC. The van der Waals surface area contributed by atoms with E-state index in [1.165, 1.54) is 199 Å². The quantitative estimate of drug-likeness (QED) is 0.0398. The van der Waals surface area contributed by atoms with Crippen molar-refractivity contribution >= 4 is 5.91 Å². The molecule has 5 N–H and O–H groups in total. The summed E-state index contributed by atoms with van der Waals surface area (Å²) in [6.07, 6.45) is 45.8. The Morgan fingerprint density at radius 3 is 0.906 bits per heavy atom. The summed E-state index contributed by atoms with van der Waals surface area (Å²) in [6.45, 7) is 4.06. The molecule has 0 aliphatic heterocycles. The van der Waals surface area contributed by atoms with Crippen molar-refractivity contribution < 1.29 is 25.2 Å². The Labute approximate surface area is 330 Å². The summed E-state index contributed by atoms with van der Waals surface area (Å²) in [6, 6.07) is -0.978. The van der Waals surface area contributed by atoms with Crippen LogP contribution in [0.15, 0.2) is 0 Å². The highest BCUT2D eigenvalue weighted by Gasteiger charge is 2.28. The topological polar surface area (TPSA) is 110 Å². The molecule has 0 saturated carbocycles. The van der Waals surface area contributed by atoms with Gasteiger partial charge in [-0.15, -0.1) is 0 Å². The number of aliphatic hydroxyl groups is 4. The number of carbonyl (C=O) groups is 1. The molecule has 0 aromatic heterocycles. The molecule has 0 aliphatic rings. The van der Waals surface area contributed by atoms with Gasteiger partial charge in [0, 0.05) is 0 Å². The molecule has 0 fully saturated rings. The maximum Gasteiger partial charge on any atom is 0.249 e. The minimum atomic E-state index is -1.25. The molecule has 0 spiro atoms. The van der Waals surface area contributed by atoms with Crippen LogP contribution < -0.4 is 5.32 Å². The van der Waals surface area contributed by atoms with Crippen molar-refractivity contribution in [2.45, 2.75) is 289 Å². The molecule has 0 rings (SSSR count). The Morgan fingerprint density at radius 1 is 0.396 bits per heavy atom. The number of nitrogens with one attached hydrogen (secondary N) is 1. The molecule has 53 heavy (non-hydrogen) atoms. The average Bonchev–Trinajstić information content (AvgIpc) is 3.16. The van der Waals surface area contributed by atoms with Crippen LogP contribution in [-0.2, 0) is 4.79 Å². The molecule has 0 heterocycles. The molecule has 318 valence electrons. The molecule has 0 saturated heterocycles. The number of carbonyl (C=O) groups excluding carboxylic acids is 1. The first-order valence-corrected chi connectivity index (χ1v) is 23.9. The van der Waals surface area contributed by atoms with Gasteiger partial charge in [-0.05, 0) is 12.8 Å². The maximum atomic E-state index is 12.5. The number of hydrogen-bond acceptors (Lipinski definition) is 5. The summed E-state index contributed by atoms with van der Waals surface area (Å²) in [4.78, 5) is 12.5. The van der Waals surface area contributed by atoms with E-state index in [0.29, 0.717) is 12.8 Å². The van der Waals surface area contributed by atoms with Crippen LogP contribution in [0.5, 0.6) is 0 Å². The molecule has 6 heteroatoms. The molecule has 0 aromatic carbocycles. The zero-order chi connectivity index (χ0) is 38.9. The van der Waals surface area contributed by atoms with Crippen molar-refractivity contribution in [3.05, 3.63) is 0 Å². The molecular formula is C47H95NO5. The highest BCUT2D eigenvalue weighted by atomic mass is 16.3. The fraction of sp³-hybridized carbons (Fsp3) is 0.979. The van der Waals surface area contributed by atoms with Gasteiger partial charge in [-0.1, -0.05) is 251 Å². The largest absolute Gasteiger partial charge is 0.394 e. The summed E-state index contributed by atoms with van der Waals surface area (Å²) < 4.78 is 0. The van der Waals surface area contributed by atoms with Crippen LogP contribution in [0.2, 0.25) is 0 Å². The minimum absolute atomic E-state index is 0.376. The van der Waals surface area contributed by atoms with Gasteiger partial charge >= 0.3 is 0 Å². The predicted octanol–water partition coefficient (Wildman–Crippen LogP) is 12.8. The van der Waals surface area contributed by atoms with Crippen LogP contribution in [-0.4, -0.2) is 57.3 Å². The van der Waals surface area contributed by atoms with Crippen molar-refractivity contribution in [1.82, 2.24) is 5.32 Å². The smallest absolute Gasteiger partial charge is 0.249 e. The Morgan fingerprint density at radius 2 is 0.642 bits per heavy atom. The van der Waals surface area contributed by atoms with Crippen LogP contribution in [0.25, 0.3) is 0 Å². The highest BCUT2D eigenvalue weighted by Crippen LogP contribution is 2.18. The number of hydrogen-bond donors (Lipinski definition) is 5. The second-order valence-corrected chi connectivity index (χ2v) is 16.8. The maximum absolute atomic E-state index is 12.5. The molecule has 4 atom stereocenters. The van der Waals surface area contributed by atoms with E-state index in [4.69, 9.17) is 0 Å². The van der Waals surface area contributed by atoms with Crippen LogP contribution in [0, 0.1) is 0 Å². The molecule has 0 aromatic rings.